The van der Waals surface area contributed by atoms with Crippen LogP contribution in [0.3, 0.4) is 0 Å². The Hall–Kier alpha value is -2.03. The van der Waals surface area contributed by atoms with Crippen LogP contribution in [0, 0.1) is 0 Å². The van der Waals surface area contributed by atoms with Crippen LogP contribution in [0.5, 0.6) is 0 Å². The molecule has 1 aromatic heterocycles. The molecule has 116 valence electrons. The van der Waals surface area contributed by atoms with Gasteiger partial charge < -0.3 is 15.2 Å². The third-order valence-electron chi connectivity index (χ3n) is 2.25. The summed E-state index contributed by atoms with van der Waals surface area (Å²) in [5, 5.41) is 11.4. The van der Waals surface area contributed by atoms with Crippen molar-refractivity contribution < 1.29 is 24.2 Å². The highest BCUT2D eigenvalue weighted by Gasteiger charge is 2.24. The maximum atomic E-state index is 11.7. The zero-order chi connectivity index (χ0) is 16.0. The van der Waals surface area contributed by atoms with E-state index in [0.717, 1.165) is 11.7 Å². The average molecular weight is 315 g/mol. The van der Waals surface area contributed by atoms with E-state index in [0.29, 0.717) is 0 Å². The molecule has 1 aromatic rings. The lowest BCUT2D eigenvalue weighted by molar-refractivity contribution is -0.155. The van der Waals surface area contributed by atoms with Crippen molar-refractivity contribution in [2.75, 3.05) is 0 Å². The van der Waals surface area contributed by atoms with Crippen LogP contribution in [0.2, 0.25) is 0 Å². The number of carboxylic acids is 1. The summed E-state index contributed by atoms with van der Waals surface area (Å²) in [7, 11) is 0. The zero-order valence-corrected chi connectivity index (χ0v) is 12.8. The van der Waals surface area contributed by atoms with Crippen LogP contribution < -0.4 is 5.32 Å². The molecule has 9 heteroatoms. The lowest BCUT2D eigenvalue weighted by Crippen LogP contribution is -2.41. The molecule has 0 saturated heterocycles. The number of nitrogens with one attached hydrogen (secondary N) is 1. The molecule has 1 rings (SSSR count). The number of nitrogens with zero attached hydrogens (tertiary/aromatic N) is 2. The van der Waals surface area contributed by atoms with Gasteiger partial charge in [0.15, 0.2) is 5.69 Å². The van der Waals surface area contributed by atoms with Gasteiger partial charge in [-0.2, -0.15) is 8.75 Å². The Morgan fingerprint density at radius 2 is 2.10 bits per heavy atom. The molecule has 0 aliphatic carbocycles. The average Bonchev–Trinajstić information content (AvgIpc) is 2.85. The summed E-state index contributed by atoms with van der Waals surface area (Å²) in [4.78, 5) is 34.4. The van der Waals surface area contributed by atoms with Crippen molar-refractivity contribution >= 4 is 29.6 Å². The Kier molecular flexibility index (Phi) is 5.77. The Bertz CT molecular complexity index is 509. The lowest BCUT2D eigenvalue weighted by atomic mass is 10.1. The van der Waals surface area contributed by atoms with E-state index in [4.69, 9.17) is 9.84 Å². The number of carboxylic acid groups (broad SMARTS) is 1. The van der Waals surface area contributed by atoms with Crippen molar-refractivity contribution in [3.05, 3.63) is 11.9 Å². The number of rotatable bonds is 6. The molecule has 1 heterocycles. The van der Waals surface area contributed by atoms with Crippen molar-refractivity contribution in [2.24, 2.45) is 0 Å². The quantitative estimate of drug-likeness (QED) is 0.747. The number of amides is 1. The molecule has 0 aliphatic rings. The molecule has 0 aromatic carbocycles. The molecule has 1 amide bonds. The number of aliphatic carboxylic acids is 1. The van der Waals surface area contributed by atoms with E-state index in [1.165, 1.54) is 6.20 Å². The Morgan fingerprint density at radius 3 is 2.57 bits per heavy atom. The van der Waals surface area contributed by atoms with Gasteiger partial charge >= 0.3 is 11.9 Å². The number of esters is 1. The molecule has 2 N–H and O–H groups in total. The first-order valence-corrected chi connectivity index (χ1v) is 6.95. The van der Waals surface area contributed by atoms with Gasteiger partial charge in [-0.15, -0.1) is 0 Å². The highest BCUT2D eigenvalue weighted by molar-refractivity contribution is 6.99. The van der Waals surface area contributed by atoms with Crippen molar-refractivity contribution in [3.63, 3.8) is 0 Å². The van der Waals surface area contributed by atoms with E-state index in [1.54, 1.807) is 20.8 Å². The number of ether oxygens (including phenoxy) is 1. The topological polar surface area (TPSA) is 118 Å². The van der Waals surface area contributed by atoms with Gasteiger partial charge in [-0.05, 0) is 27.2 Å². The number of carbonyl (C=O) groups excluding carboxylic acids is 2. The minimum Gasteiger partial charge on any atom is -0.480 e. The fraction of sp³-hybridized carbons (Fsp3) is 0.583. The molecule has 0 bridgehead atoms. The highest BCUT2D eigenvalue weighted by Crippen LogP contribution is 2.10. The number of hydrogen-bond donors (Lipinski definition) is 2. The summed E-state index contributed by atoms with van der Waals surface area (Å²) < 4.78 is 12.4. The summed E-state index contributed by atoms with van der Waals surface area (Å²) in [6.07, 6.45) is 1.07. The molecule has 0 radical (unpaired) electrons. The van der Waals surface area contributed by atoms with E-state index in [1.807, 2.05) is 0 Å². The Morgan fingerprint density at radius 1 is 1.43 bits per heavy atom. The third-order valence-corrected chi connectivity index (χ3v) is 2.73. The van der Waals surface area contributed by atoms with Crippen molar-refractivity contribution in [1.82, 2.24) is 14.1 Å². The Balaban J connectivity index is 2.53. The van der Waals surface area contributed by atoms with Gasteiger partial charge in [-0.25, -0.2) is 4.79 Å². The number of aromatic nitrogens is 2. The van der Waals surface area contributed by atoms with Crippen molar-refractivity contribution in [1.29, 1.82) is 0 Å². The second kappa shape index (κ2) is 7.11. The normalized spacial score (nSPS) is 12.5. The zero-order valence-electron chi connectivity index (χ0n) is 12.0. The molecule has 0 unspecified atom stereocenters. The smallest absolute Gasteiger partial charge is 0.326 e. The number of hydrogen-bond acceptors (Lipinski definition) is 7. The predicted molar refractivity (Wildman–Crippen MR) is 73.9 cm³/mol. The van der Waals surface area contributed by atoms with Gasteiger partial charge in [0, 0.05) is 6.42 Å². The van der Waals surface area contributed by atoms with Crippen LogP contribution in [0.1, 0.15) is 44.1 Å². The van der Waals surface area contributed by atoms with Crippen molar-refractivity contribution in [3.8, 4) is 0 Å². The molecule has 8 nitrogen and oxygen atoms in total. The monoisotopic (exact) mass is 315 g/mol. The van der Waals surface area contributed by atoms with Crippen molar-refractivity contribution in [2.45, 2.75) is 45.3 Å². The molecular formula is C12H17N3O5S. The summed E-state index contributed by atoms with van der Waals surface area (Å²) in [6, 6.07) is -1.19. The largest absolute Gasteiger partial charge is 0.480 e. The summed E-state index contributed by atoms with van der Waals surface area (Å²) in [5.74, 6) is -2.38. The second-order valence-electron chi connectivity index (χ2n) is 5.28. The first kappa shape index (κ1) is 17.0. The van der Waals surface area contributed by atoms with Gasteiger partial charge in [0.05, 0.1) is 17.9 Å². The standard InChI is InChI=1S/C12H17N3O5S/c1-12(2,3)20-9(16)5-4-7(11(18)19)14-10(17)8-6-13-21-15-8/h6-7H,4-5H2,1-3H3,(H,14,17)(H,18,19)/t7-/m1/s1. The van der Waals surface area contributed by atoms with Crippen LogP contribution in [0.4, 0.5) is 0 Å². The van der Waals surface area contributed by atoms with E-state index in [9.17, 15) is 14.4 Å². The van der Waals surface area contributed by atoms with Crippen LogP contribution >= 0.6 is 11.7 Å². The Labute approximate surface area is 125 Å². The minimum absolute atomic E-state index is 0.0449. The van der Waals surface area contributed by atoms with Gasteiger partial charge in [0.2, 0.25) is 0 Å². The second-order valence-corrected chi connectivity index (χ2v) is 5.84. The van der Waals surface area contributed by atoms with Crippen LogP contribution in [0.15, 0.2) is 6.20 Å². The lowest BCUT2D eigenvalue weighted by Gasteiger charge is -2.20. The van der Waals surface area contributed by atoms with E-state index < -0.39 is 29.5 Å². The maximum Gasteiger partial charge on any atom is 0.326 e. The molecule has 0 spiro atoms. The molecule has 1 atom stereocenters. The maximum absolute atomic E-state index is 11.7. The SMILES string of the molecule is CC(C)(C)OC(=O)CC[C@@H](NC(=O)c1cnsn1)C(=O)O. The summed E-state index contributed by atoms with van der Waals surface area (Å²) in [6.45, 7) is 5.16. The van der Waals surface area contributed by atoms with Crippen LogP contribution in [0.25, 0.3) is 0 Å². The summed E-state index contributed by atoms with van der Waals surface area (Å²) >= 11 is 0.846. The van der Waals surface area contributed by atoms with Gasteiger partial charge in [0.1, 0.15) is 11.6 Å². The van der Waals surface area contributed by atoms with E-state index in [-0.39, 0.29) is 18.5 Å². The highest BCUT2D eigenvalue weighted by atomic mass is 32.1. The minimum atomic E-state index is -1.23. The molecule has 0 saturated carbocycles. The van der Waals surface area contributed by atoms with Gasteiger partial charge in [-0.3, -0.25) is 9.59 Å². The van der Waals surface area contributed by atoms with Gasteiger partial charge in [-0.1, -0.05) is 0 Å². The molecule has 0 aliphatic heterocycles. The first-order valence-electron chi connectivity index (χ1n) is 6.22. The molecule has 21 heavy (non-hydrogen) atoms. The number of carbonyl (C=O) groups is 3. The van der Waals surface area contributed by atoms with E-state index >= 15 is 0 Å². The van der Waals surface area contributed by atoms with E-state index in [2.05, 4.69) is 14.1 Å². The first-order chi connectivity index (χ1) is 9.69. The molecular weight excluding hydrogens is 298 g/mol. The van der Waals surface area contributed by atoms with Crippen LogP contribution in [-0.2, 0) is 14.3 Å². The molecule has 0 fully saturated rings. The van der Waals surface area contributed by atoms with Gasteiger partial charge in [0.25, 0.3) is 5.91 Å². The predicted octanol–water partition coefficient (Wildman–Crippen LogP) is 0.843. The van der Waals surface area contributed by atoms with Crippen LogP contribution in [-0.4, -0.2) is 43.3 Å². The fourth-order valence-corrected chi connectivity index (χ4v) is 1.82. The summed E-state index contributed by atoms with van der Waals surface area (Å²) in [5.41, 5.74) is -0.589. The third kappa shape index (κ3) is 6.30. The fourth-order valence-electron chi connectivity index (χ4n) is 1.41.